The zero-order valence-corrected chi connectivity index (χ0v) is 18.4. The van der Waals surface area contributed by atoms with Crippen molar-refractivity contribution in [2.75, 3.05) is 11.9 Å². The molecule has 3 aromatic rings. The van der Waals surface area contributed by atoms with E-state index in [1.165, 1.54) is 11.1 Å². The van der Waals surface area contributed by atoms with E-state index in [-0.39, 0.29) is 17.4 Å². The Bertz CT molecular complexity index is 1030. The van der Waals surface area contributed by atoms with Gasteiger partial charge in [-0.15, -0.1) is 0 Å². The molecule has 3 heteroatoms. The van der Waals surface area contributed by atoms with Gasteiger partial charge in [0.1, 0.15) is 0 Å². The van der Waals surface area contributed by atoms with Crippen LogP contribution in [0.4, 0.5) is 5.69 Å². The molecule has 0 aliphatic carbocycles. The Kier molecular flexibility index (Phi) is 5.97. The topological polar surface area (TPSA) is 41.1 Å². The van der Waals surface area contributed by atoms with Crippen molar-refractivity contribution >= 4 is 22.4 Å². The molecule has 1 amide bonds. The number of amides is 1. The first kappa shape index (κ1) is 20.9. The number of rotatable bonds is 5. The fourth-order valence-corrected chi connectivity index (χ4v) is 3.56. The summed E-state index contributed by atoms with van der Waals surface area (Å²) in [7, 11) is 0. The lowest BCUT2D eigenvalue weighted by atomic mass is 9.86. The second-order valence-corrected chi connectivity index (χ2v) is 8.83. The summed E-state index contributed by atoms with van der Waals surface area (Å²) in [4.78, 5) is 12.8. The van der Waals surface area contributed by atoms with E-state index in [1.807, 2.05) is 25.1 Å². The van der Waals surface area contributed by atoms with Crippen LogP contribution in [0.1, 0.15) is 67.7 Å². The maximum Gasteiger partial charge on any atom is 0.251 e. The predicted octanol–water partition coefficient (Wildman–Crippen LogP) is 6.37. The van der Waals surface area contributed by atoms with E-state index in [4.69, 9.17) is 0 Å². The van der Waals surface area contributed by atoms with Crippen molar-refractivity contribution in [3.8, 4) is 0 Å². The number of nitrogens with one attached hydrogen (secondary N) is 2. The highest BCUT2D eigenvalue weighted by molar-refractivity contribution is 5.98. The lowest BCUT2D eigenvalue weighted by Crippen LogP contribution is -2.26. The van der Waals surface area contributed by atoms with Crippen molar-refractivity contribution in [3.63, 3.8) is 0 Å². The van der Waals surface area contributed by atoms with Crippen LogP contribution in [0.15, 0.2) is 54.6 Å². The monoisotopic (exact) mass is 388 g/mol. The van der Waals surface area contributed by atoms with Gasteiger partial charge >= 0.3 is 0 Å². The summed E-state index contributed by atoms with van der Waals surface area (Å²) in [5, 5.41) is 8.73. The average molecular weight is 389 g/mol. The molecular weight excluding hydrogens is 356 g/mol. The SMILES string of the molecule is CCNc1ccc([C@@H](C)NC(=O)c2ccc3cc(C(C)(C)C)ccc3c2)cc1C. The van der Waals surface area contributed by atoms with Crippen molar-refractivity contribution in [1.29, 1.82) is 0 Å². The van der Waals surface area contributed by atoms with E-state index in [0.29, 0.717) is 5.56 Å². The van der Waals surface area contributed by atoms with Crippen molar-refractivity contribution < 1.29 is 4.79 Å². The van der Waals surface area contributed by atoms with E-state index in [1.54, 1.807) is 0 Å². The van der Waals surface area contributed by atoms with Gasteiger partial charge in [-0.05, 0) is 71.8 Å². The van der Waals surface area contributed by atoms with Gasteiger partial charge in [0.2, 0.25) is 0 Å². The largest absolute Gasteiger partial charge is 0.385 e. The van der Waals surface area contributed by atoms with E-state index in [2.05, 4.69) is 81.7 Å². The number of aryl methyl sites for hydroxylation is 1. The maximum absolute atomic E-state index is 12.8. The van der Waals surface area contributed by atoms with Gasteiger partial charge in [0.05, 0.1) is 6.04 Å². The highest BCUT2D eigenvalue weighted by Gasteiger charge is 2.15. The van der Waals surface area contributed by atoms with E-state index >= 15 is 0 Å². The number of carbonyl (C=O) groups is 1. The molecule has 0 aliphatic rings. The van der Waals surface area contributed by atoms with Crippen LogP contribution in [0.2, 0.25) is 0 Å². The Morgan fingerprint density at radius 1 is 0.966 bits per heavy atom. The van der Waals surface area contributed by atoms with Gasteiger partial charge in [0.15, 0.2) is 0 Å². The van der Waals surface area contributed by atoms with Gasteiger partial charge in [-0.1, -0.05) is 57.2 Å². The summed E-state index contributed by atoms with van der Waals surface area (Å²) in [5.41, 5.74) is 5.53. The lowest BCUT2D eigenvalue weighted by molar-refractivity contribution is 0.0940. The Hall–Kier alpha value is -2.81. The minimum absolute atomic E-state index is 0.0484. The second-order valence-electron chi connectivity index (χ2n) is 8.83. The van der Waals surface area contributed by atoms with E-state index < -0.39 is 0 Å². The first-order chi connectivity index (χ1) is 13.7. The maximum atomic E-state index is 12.8. The molecule has 0 aliphatic heterocycles. The van der Waals surface area contributed by atoms with Crippen LogP contribution >= 0.6 is 0 Å². The summed E-state index contributed by atoms with van der Waals surface area (Å²) in [6.07, 6.45) is 0. The molecule has 3 rings (SSSR count). The molecule has 0 aromatic heterocycles. The van der Waals surface area contributed by atoms with Gasteiger partial charge < -0.3 is 10.6 Å². The average Bonchev–Trinajstić information content (AvgIpc) is 2.68. The molecule has 29 heavy (non-hydrogen) atoms. The fraction of sp³-hybridized carbons (Fsp3) is 0.346. The summed E-state index contributed by atoms with van der Waals surface area (Å²) in [6.45, 7) is 13.7. The van der Waals surface area contributed by atoms with Crippen molar-refractivity contribution in [2.24, 2.45) is 0 Å². The fourth-order valence-electron chi connectivity index (χ4n) is 3.56. The standard InChI is InChI=1S/C26H32N2O/c1-7-27-24-13-11-19(14-17(24)2)18(3)28-25(29)22-9-8-21-16-23(26(4,5)6)12-10-20(21)15-22/h8-16,18,27H,7H2,1-6H3,(H,28,29)/t18-/m1/s1. The Labute approximate surface area is 174 Å². The van der Waals surface area contributed by atoms with Crippen LogP contribution in [0.25, 0.3) is 10.8 Å². The molecular formula is C26H32N2O. The number of hydrogen-bond donors (Lipinski definition) is 2. The molecule has 0 saturated carbocycles. The summed E-state index contributed by atoms with van der Waals surface area (Å²) < 4.78 is 0. The number of carbonyl (C=O) groups excluding carboxylic acids is 1. The molecule has 0 spiro atoms. The Balaban J connectivity index is 1.77. The van der Waals surface area contributed by atoms with Gasteiger partial charge in [0, 0.05) is 17.8 Å². The molecule has 152 valence electrons. The van der Waals surface area contributed by atoms with Crippen LogP contribution in [0, 0.1) is 6.92 Å². The van der Waals surface area contributed by atoms with Gasteiger partial charge in [-0.25, -0.2) is 0 Å². The predicted molar refractivity (Wildman–Crippen MR) is 124 cm³/mol. The van der Waals surface area contributed by atoms with Gasteiger partial charge in [-0.2, -0.15) is 0 Å². The number of benzene rings is 3. The zero-order valence-electron chi connectivity index (χ0n) is 18.4. The third-order valence-electron chi connectivity index (χ3n) is 5.43. The van der Waals surface area contributed by atoms with Crippen LogP contribution in [0.3, 0.4) is 0 Å². The molecule has 0 heterocycles. The van der Waals surface area contributed by atoms with Crippen molar-refractivity contribution in [1.82, 2.24) is 5.32 Å². The summed E-state index contributed by atoms with van der Waals surface area (Å²) in [5.74, 6) is -0.0484. The number of hydrogen-bond acceptors (Lipinski definition) is 2. The molecule has 0 saturated heterocycles. The number of fused-ring (bicyclic) bond motifs is 1. The zero-order chi connectivity index (χ0) is 21.2. The van der Waals surface area contributed by atoms with Crippen LogP contribution < -0.4 is 10.6 Å². The first-order valence-electron chi connectivity index (χ1n) is 10.4. The Morgan fingerprint density at radius 3 is 2.31 bits per heavy atom. The van der Waals surface area contributed by atoms with Crippen molar-refractivity contribution in [2.45, 2.75) is 53.0 Å². The molecule has 0 fully saturated rings. The summed E-state index contributed by atoms with van der Waals surface area (Å²) in [6, 6.07) is 18.6. The molecule has 0 radical (unpaired) electrons. The van der Waals surface area contributed by atoms with Gasteiger partial charge in [0.25, 0.3) is 5.91 Å². The third-order valence-corrected chi connectivity index (χ3v) is 5.43. The second kappa shape index (κ2) is 8.28. The quantitative estimate of drug-likeness (QED) is 0.533. The Morgan fingerprint density at radius 2 is 1.66 bits per heavy atom. The highest BCUT2D eigenvalue weighted by Crippen LogP contribution is 2.27. The summed E-state index contributed by atoms with van der Waals surface area (Å²) >= 11 is 0. The minimum Gasteiger partial charge on any atom is -0.385 e. The van der Waals surface area contributed by atoms with Crippen LogP contribution in [-0.4, -0.2) is 12.5 Å². The molecule has 3 aromatic carbocycles. The lowest BCUT2D eigenvalue weighted by Gasteiger charge is -2.20. The van der Waals surface area contributed by atoms with E-state index in [0.717, 1.165) is 28.6 Å². The van der Waals surface area contributed by atoms with Crippen molar-refractivity contribution in [3.05, 3.63) is 76.9 Å². The normalized spacial score (nSPS) is 12.6. The number of anilines is 1. The van der Waals surface area contributed by atoms with Crippen LogP contribution in [0.5, 0.6) is 0 Å². The molecule has 0 bridgehead atoms. The molecule has 2 N–H and O–H groups in total. The first-order valence-corrected chi connectivity index (χ1v) is 10.4. The molecule has 0 unspecified atom stereocenters. The van der Waals surface area contributed by atoms with Crippen LogP contribution in [-0.2, 0) is 5.41 Å². The molecule has 1 atom stereocenters. The minimum atomic E-state index is -0.0594. The molecule has 3 nitrogen and oxygen atoms in total. The highest BCUT2D eigenvalue weighted by atomic mass is 16.1. The third kappa shape index (κ3) is 4.79. The van der Waals surface area contributed by atoms with Gasteiger partial charge in [-0.3, -0.25) is 4.79 Å². The van der Waals surface area contributed by atoms with E-state index in [9.17, 15) is 4.79 Å². The smallest absolute Gasteiger partial charge is 0.251 e.